The molecule has 7 nitrogen and oxygen atoms in total. The van der Waals surface area contributed by atoms with Crippen molar-refractivity contribution in [2.24, 2.45) is 0 Å². The summed E-state index contributed by atoms with van der Waals surface area (Å²) >= 11 is 0. The second kappa shape index (κ2) is 11.5. The number of Topliss-reactive ketones (excluding diaryl/α,β-unsaturated/α-hetero) is 1. The first kappa shape index (κ1) is 25.0. The molecule has 2 aromatic rings. The Hall–Kier alpha value is -2.68. The van der Waals surface area contributed by atoms with Crippen LogP contribution in [0.5, 0.6) is 5.75 Å². The highest BCUT2D eigenvalue weighted by Gasteiger charge is 2.32. The molecule has 0 bridgehead atoms. The zero-order valence-electron chi connectivity index (χ0n) is 19.5. The molecule has 8 heteroatoms. The summed E-state index contributed by atoms with van der Waals surface area (Å²) in [5.74, 6) is -0.349. The third kappa shape index (κ3) is 6.22. The quantitative estimate of drug-likeness (QED) is 0.307. The molecule has 0 amide bonds. The predicted octanol–water partition coefficient (Wildman–Crippen LogP) is 2.78. The number of nitrogens with zero attached hydrogens (tertiary/aromatic N) is 1. The van der Waals surface area contributed by atoms with E-state index < -0.39 is 19.1 Å². The molecule has 0 heterocycles. The average Bonchev–Trinajstić information content (AvgIpc) is 3.24. The number of ether oxygens (including phenoxy) is 2. The van der Waals surface area contributed by atoms with E-state index in [9.17, 15) is 19.7 Å². The maximum Gasteiger partial charge on any atom is 0.376 e. The van der Waals surface area contributed by atoms with E-state index >= 15 is 0 Å². The average molecular weight is 453 g/mol. The summed E-state index contributed by atoms with van der Waals surface area (Å²) in [6.45, 7) is 4.14. The number of methoxy groups -OCH3 is 1. The van der Waals surface area contributed by atoms with E-state index in [1.54, 1.807) is 19.8 Å². The van der Waals surface area contributed by atoms with Crippen LogP contribution >= 0.6 is 0 Å². The Balaban J connectivity index is 1.61. The van der Waals surface area contributed by atoms with Gasteiger partial charge in [0.05, 0.1) is 30.9 Å². The van der Waals surface area contributed by atoms with Gasteiger partial charge in [0.1, 0.15) is 5.75 Å². The first-order valence-electron chi connectivity index (χ1n) is 11.4. The van der Waals surface area contributed by atoms with Gasteiger partial charge in [0.2, 0.25) is 0 Å². The van der Waals surface area contributed by atoms with Gasteiger partial charge in [-0.15, -0.1) is 0 Å². The molecule has 1 aliphatic carbocycles. The molecule has 0 radical (unpaired) electrons. The standard InChI is InChI=1S/C25H32BNO6/c1-4-33-24-15-19(25(30)32-3)9-11-22(24)23(29)12-10-21(28)16-27(26(2)31)20-13-17-7-5-6-8-18(17)14-20/h5-9,11,15,20-21,28,31H,4,10,12-14,16H2,1-3H3/t21-/m1/s1. The van der Waals surface area contributed by atoms with Crippen molar-refractivity contribution < 1.29 is 29.2 Å². The summed E-state index contributed by atoms with van der Waals surface area (Å²) in [5.41, 5.74) is 3.23. The SMILES string of the molecule is CCOc1cc(C(=O)OC)ccc1C(=O)CC[C@@H](O)CN(B(C)O)C1Cc2ccccc2C1. The Morgan fingerprint density at radius 1 is 1.18 bits per heavy atom. The molecular weight excluding hydrogens is 421 g/mol. The second-order valence-corrected chi connectivity index (χ2v) is 8.41. The molecular formula is C25H32BNO6. The maximum atomic E-state index is 12.8. The largest absolute Gasteiger partial charge is 0.493 e. The number of hydrogen-bond donors (Lipinski definition) is 2. The molecule has 1 aliphatic rings. The van der Waals surface area contributed by atoms with Gasteiger partial charge in [-0.05, 0) is 62.3 Å². The number of ketones is 1. The molecule has 176 valence electrons. The van der Waals surface area contributed by atoms with Gasteiger partial charge in [-0.3, -0.25) is 4.79 Å². The van der Waals surface area contributed by atoms with Crippen LogP contribution in [0.15, 0.2) is 42.5 Å². The molecule has 0 saturated heterocycles. The van der Waals surface area contributed by atoms with Gasteiger partial charge in [-0.25, -0.2) is 4.79 Å². The van der Waals surface area contributed by atoms with Crippen LogP contribution in [-0.4, -0.2) is 66.2 Å². The first-order valence-corrected chi connectivity index (χ1v) is 11.4. The molecule has 2 aromatic carbocycles. The van der Waals surface area contributed by atoms with Crippen LogP contribution in [0.3, 0.4) is 0 Å². The van der Waals surface area contributed by atoms with Gasteiger partial charge < -0.3 is 24.4 Å². The summed E-state index contributed by atoms with van der Waals surface area (Å²) in [6.07, 6.45) is 1.27. The smallest absolute Gasteiger partial charge is 0.376 e. The first-order chi connectivity index (χ1) is 15.8. The fourth-order valence-electron chi connectivity index (χ4n) is 4.42. The van der Waals surface area contributed by atoms with Gasteiger partial charge in [-0.1, -0.05) is 24.3 Å². The number of esters is 1. The van der Waals surface area contributed by atoms with Gasteiger partial charge in [0.15, 0.2) is 5.78 Å². The zero-order valence-corrected chi connectivity index (χ0v) is 19.5. The van der Waals surface area contributed by atoms with Crippen LogP contribution in [-0.2, 0) is 17.6 Å². The van der Waals surface area contributed by atoms with Crippen molar-refractivity contribution in [3.05, 3.63) is 64.7 Å². The number of carbonyl (C=O) groups is 2. The lowest BCUT2D eigenvalue weighted by Crippen LogP contribution is -2.49. The fraction of sp³-hybridized carbons (Fsp3) is 0.440. The Labute approximate surface area is 195 Å². The van der Waals surface area contributed by atoms with E-state index in [2.05, 4.69) is 12.1 Å². The summed E-state index contributed by atoms with van der Waals surface area (Å²) in [4.78, 5) is 26.5. The van der Waals surface area contributed by atoms with Crippen molar-refractivity contribution in [2.75, 3.05) is 20.3 Å². The van der Waals surface area contributed by atoms with Gasteiger partial charge >= 0.3 is 13.0 Å². The Morgan fingerprint density at radius 2 is 1.85 bits per heavy atom. The van der Waals surface area contributed by atoms with E-state index in [1.165, 1.54) is 30.4 Å². The second-order valence-electron chi connectivity index (χ2n) is 8.41. The summed E-state index contributed by atoms with van der Waals surface area (Å²) < 4.78 is 10.3. The van der Waals surface area contributed by atoms with Gasteiger partial charge in [-0.2, -0.15) is 0 Å². The minimum Gasteiger partial charge on any atom is -0.493 e. The van der Waals surface area contributed by atoms with Crippen LogP contribution in [0.2, 0.25) is 6.82 Å². The Bertz CT molecular complexity index is 954. The topological polar surface area (TPSA) is 96.3 Å². The zero-order chi connectivity index (χ0) is 24.0. The third-order valence-electron chi connectivity index (χ3n) is 6.11. The number of benzene rings is 2. The molecule has 0 spiro atoms. The highest BCUT2D eigenvalue weighted by molar-refractivity contribution is 6.45. The summed E-state index contributed by atoms with van der Waals surface area (Å²) in [5, 5.41) is 21.0. The highest BCUT2D eigenvalue weighted by atomic mass is 16.5. The van der Waals surface area contributed by atoms with E-state index in [0.717, 1.165) is 12.8 Å². The van der Waals surface area contributed by atoms with Crippen molar-refractivity contribution in [2.45, 2.75) is 51.6 Å². The number of carbonyl (C=O) groups excluding carboxylic acids is 2. The molecule has 0 fully saturated rings. The minimum atomic E-state index is -0.767. The predicted molar refractivity (Wildman–Crippen MR) is 127 cm³/mol. The minimum absolute atomic E-state index is 0.114. The van der Waals surface area contributed by atoms with Crippen molar-refractivity contribution >= 4 is 18.8 Å². The van der Waals surface area contributed by atoms with Crippen LogP contribution < -0.4 is 4.74 Å². The van der Waals surface area contributed by atoms with Gasteiger partial charge in [0.25, 0.3) is 0 Å². The summed E-state index contributed by atoms with van der Waals surface area (Å²) in [6, 6.07) is 13.0. The number of fused-ring (bicyclic) bond motifs is 1. The van der Waals surface area contributed by atoms with Crippen LogP contribution in [0.4, 0.5) is 0 Å². The van der Waals surface area contributed by atoms with E-state index in [1.807, 2.05) is 16.9 Å². The lowest BCUT2D eigenvalue weighted by atomic mass is 9.81. The van der Waals surface area contributed by atoms with Gasteiger partial charge in [0, 0.05) is 19.0 Å². The molecule has 0 saturated carbocycles. The number of hydrogen-bond acceptors (Lipinski definition) is 7. The number of aliphatic hydroxyl groups excluding tert-OH is 1. The molecule has 33 heavy (non-hydrogen) atoms. The third-order valence-corrected chi connectivity index (χ3v) is 6.11. The van der Waals surface area contributed by atoms with Crippen molar-refractivity contribution in [1.29, 1.82) is 0 Å². The van der Waals surface area contributed by atoms with E-state index in [0.29, 0.717) is 23.5 Å². The lowest BCUT2D eigenvalue weighted by molar-refractivity contribution is 0.0599. The number of rotatable bonds is 11. The molecule has 2 N–H and O–H groups in total. The Kier molecular flexibility index (Phi) is 8.66. The molecule has 3 rings (SSSR count). The molecule has 0 aromatic heterocycles. The fourth-order valence-corrected chi connectivity index (χ4v) is 4.42. The van der Waals surface area contributed by atoms with Crippen LogP contribution in [0.25, 0.3) is 0 Å². The monoisotopic (exact) mass is 453 g/mol. The van der Waals surface area contributed by atoms with Crippen LogP contribution in [0.1, 0.15) is 51.6 Å². The molecule has 0 unspecified atom stereocenters. The van der Waals surface area contributed by atoms with E-state index in [-0.39, 0.29) is 31.2 Å². The number of aliphatic hydroxyl groups is 1. The van der Waals surface area contributed by atoms with Crippen LogP contribution in [0, 0.1) is 0 Å². The molecule has 1 atom stereocenters. The molecule has 0 aliphatic heterocycles. The van der Waals surface area contributed by atoms with Crippen molar-refractivity contribution in [3.8, 4) is 5.75 Å². The Morgan fingerprint density at radius 3 is 2.42 bits per heavy atom. The van der Waals surface area contributed by atoms with Crippen molar-refractivity contribution in [1.82, 2.24) is 4.81 Å². The summed E-state index contributed by atoms with van der Waals surface area (Å²) in [7, 11) is 0.592. The highest BCUT2D eigenvalue weighted by Crippen LogP contribution is 2.27. The lowest BCUT2D eigenvalue weighted by Gasteiger charge is -2.31. The maximum absolute atomic E-state index is 12.8. The van der Waals surface area contributed by atoms with E-state index in [4.69, 9.17) is 9.47 Å². The normalized spacial score (nSPS) is 14.1. The van der Waals surface area contributed by atoms with Crippen molar-refractivity contribution in [3.63, 3.8) is 0 Å².